The van der Waals surface area contributed by atoms with Crippen molar-refractivity contribution in [2.45, 2.75) is 200 Å². The van der Waals surface area contributed by atoms with Crippen LogP contribution in [-0.2, 0) is 32.7 Å². The summed E-state index contributed by atoms with van der Waals surface area (Å²) < 4.78 is 34.3. The zero-order valence-electron chi connectivity index (χ0n) is 39.2. The molecule has 9 nitrogen and oxygen atoms in total. The Morgan fingerprint density at radius 3 is 1.40 bits per heavy atom. The highest BCUT2D eigenvalue weighted by Crippen LogP contribution is 2.43. The molecule has 348 valence electrons. The molecule has 0 rings (SSSR count). The van der Waals surface area contributed by atoms with Crippen molar-refractivity contribution in [1.29, 1.82) is 0 Å². The first-order chi connectivity index (χ1) is 29.0. The number of carbonyl (C=O) groups excluding carboxylic acids is 2. The third-order valence-electron chi connectivity index (χ3n) is 10.1. The van der Waals surface area contributed by atoms with Gasteiger partial charge >= 0.3 is 19.8 Å². The summed E-state index contributed by atoms with van der Waals surface area (Å²) in [6, 6.07) is 0. The van der Waals surface area contributed by atoms with Gasteiger partial charge in [-0.15, -0.1) is 0 Å². The maximum atomic E-state index is 12.7. The number of esters is 2. The number of nitrogens with zero attached hydrogens (tertiary/aromatic N) is 1. The van der Waals surface area contributed by atoms with Gasteiger partial charge in [0.2, 0.25) is 0 Å². The second-order valence-electron chi connectivity index (χ2n) is 17.1. The van der Waals surface area contributed by atoms with Gasteiger partial charge in [-0.3, -0.25) is 18.6 Å². The van der Waals surface area contributed by atoms with Gasteiger partial charge in [-0.05, 0) is 51.4 Å². The van der Waals surface area contributed by atoms with E-state index in [2.05, 4.69) is 62.5 Å². The Bertz CT molecular complexity index is 1210. The molecule has 0 saturated carbocycles. The molecule has 0 aliphatic carbocycles. The summed E-state index contributed by atoms with van der Waals surface area (Å²) in [5.74, 6) is -0.892. The normalized spacial score (nSPS) is 14.0. The lowest BCUT2D eigenvalue weighted by Crippen LogP contribution is -2.37. The summed E-state index contributed by atoms with van der Waals surface area (Å²) in [5, 5.41) is 0. The number of phosphoric ester groups is 1. The average molecular weight is 865 g/mol. The molecule has 1 unspecified atom stereocenters. The third kappa shape index (κ3) is 45.2. The van der Waals surface area contributed by atoms with Gasteiger partial charge in [0.1, 0.15) is 19.8 Å². The van der Waals surface area contributed by atoms with Gasteiger partial charge < -0.3 is 18.9 Å². The van der Waals surface area contributed by atoms with Crippen LogP contribution < -0.4 is 0 Å². The Morgan fingerprint density at radius 1 is 0.517 bits per heavy atom. The van der Waals surface area contributed by atoms with Crippen molar-refractivity contribution in [3.05, 3.63) is 60.8 Å². The van der Waals surface area contributed by atoms with Crippen LogP contribution in [0.25, 0.3) is 0 Å². The molecule has 0 radical (unpaired) electrons. The first-order valence-corrected chi connectivity index (χ1v) is 25.5. The minimum atomic E-state index is -4.39. The van der Waals surface area contributed by atoms with Crippen molar-refractivity contribution in [3.63, 3.8) is 0 Å². The van der Waals surface area contributed by atoms with E-state index in [9.17, 15) is 19.0 Å². The van der Waals surface area contributed by atoms with Gasteiger partial charge in [0.05, 0.1) is 27.7 Å². The second kappa shape index (κ2) is 42.0. The molecule has 0 aromatic rings. The van der Waals surface area contributed by atoms with Crippen molar-refractivity contribution >= 4 is 19.8 Å². The first kappa shape index (κ1) is 57.7. The lowest BCUT2D eigenvalue weighted by molar-refractivity contribution is -0.870. The molecule has 0 aliphatic heterocycles. The molecule has 0 bridgehead atoms. The smallest absolute Gasteiger partial charge is 0.462 e. The van der Waals surface area contributed by atoms with Crippen LogP contribution in [0.2, 0.25) is 0 Å². The van der Waals surface area contributed by atoms with Crippen molar-refractivity contribution in [2.75, 3.05) is 47.5 Å². The summed E-state index contributed by atoms with van der Waals surface area (Å²) in [4.78, 5) is 35.4. The van der Waals surface area contributed by atoms with E-state index >= 15 is 0 Å². The molecule has 0 fully saturated rings. The molecule has 0 spiro atoms. The van der Waals surface area contributed by atoms with Crippen LogP contribution in [-0.4, -0.2) is 74.9 Å². The highest BCUT2D eigenvalue weighted by Gasteiger charge is 2.27. The fourth-order valence-corrected chi connectivity index (χ4v) is 7.03. The molecule has 2 atom stereocenters. The molecule has 60 heavy (non-hydrogen) atoms. The zero-order valence-corrected chi connectivity index (χ0v) is 40.1. The van der Waals surface area contributed by atoms with Gasteiger partial charge in [-0.2, -0.15) is 0 Å². The van der Waals surface area contributed by atoms with Crippen molar-refractivity contribution in [2.24, 2.45) is 0 Å². The van der Waals surface area contributed by atoms with Crippen LogP contribution in [0.3, 0.4) is 0 Å². The lowest BCUT2D eigenvalue weighted by atomic mass is 10.0. The molecular formula is C50H91NO8P+. The molecule has 0 heterocycles. The van der Waals surface area contributed by atoms with Crippen molar-refractivity contribution < 1.29 is 42.1 Å². The quantitative estimate of drug-likeness (QED) is 0.0212. The average Bonchev–Trinajstić information content (AvgIpc) is 3.20. The predicted molar refractivity (Wildman–Crippen MR) is 252 cm³/mol. The Balaban J connectivity index is 4.42. The number of quaternary nitrogens is 1. The molecule has 0 saturated heterocycles. The molecule has 0 amide bonds. The summed E-state index contributed by atoms with van der Waals surface area (Å²) in [7, 11) is 1.44. The lowest BCUT2D eigenvalue weighted by Gasteiger charge is -2.24. The van der Waals surface area contributed by atoms with E-state index in [-0.39, 0.29) is 26.1 Å². The van der Waals surface area contributed by atoms with Crippen molar-refractivity contribution in [1.82, 2.24) is 0 Å². The standard InChI is InChI=1S/C50H90NO8P/c1-6-8-10-12-14-16-18-20-22-24-25-27-28-30-32-34-36-38-40-42-49(52)56-46-48(47-58-60(54,55)57-45-44-51(3,4)5)59-50(53)43-41-39-37-35-33-31-29-26-23-21-19-17-15-13-11-9-7-2/h14,16,20,22,25,27,30,32,36,38,48H,6-13,15,17-19,21,23-24,26,28-29,31,33-35,37,39-47H2,1-5H3/p+1/b16-14+,22-20+,27-25+,32-30+,38-36+/t48-/m1/s1. The topological polar surface area (TPSA) is 108 Å². The fourth-order valence-electron chi connectivity index (χ4n) is 6.29. The van der Waals surface area contributed by atoms with E-state index in [1.807, 2.05) is 33.3 Å². The van der Waals surface area contributed by atoms with Gasteiger partial charge in [0.15, 0.2) is 6.10 Å². The van der Waals surface area contributed by atoms with E-state index in [0.717, 1.165) is 38.5 Å². The van der Waals surface area contributed by atoms with Gasteiger partial charge in [-0.1, -0.05) is 190 Å². The minimum absolute atomic E-state index is 0.0198. The minimum Gasteiger partial charge on any atom is -0.462 e. The Morgan fingerprint density at radius 2 is 0.933 bits per heavy atom. The van der Waals surface area contributed by atoms with Crippen LogP contribution in [0.5, 0.6) is 0 Å². The van der Waals surface area contributed by atoms with Gasteiger partial charge in [0.25, 0.3) is 0 Å². The molecular weight excluding hydrogens is 774 g/mol. The Labute approximate surface area is 368 Å². The summed E-state index contributed by atoms with van der Waals surface area (Å²) >= 11 is 0. The van der Waals surface area contributed by atoms with Crippen LogP contribution in [0, 0.1) is 0 Å². The molecule has 0 aromatic heterocycles. The molecule has 10 heteroatoms. The van der Waals surface area contributed by atoms with Crippen molar-refractivity contribution in [3.8, 4) is 0 Å². The highest BCUT2D eigenvalue weighted by atomic mass is 31.2. The number of allylic oxidation sites excluding steroid dienone is 10. The van der Waals surface area contributed by atoms with Crippen LogP contribution in [0.15, 0.2) is 60.8 Å². The number of likely N-dealkylation sites (N-methyl/N-ethyl adjacent to an activating group) is 1. The van der Waals surface area contributed by atoms with E-state index in [4.69, 9.17) is 18.5 Å². The molecule has 0 aromatic carbocycles. The van der Waals surface area contributed by atoms with E-state index in [0.29, 0.717) is 23.9 Å². The van der Waals surface area contributed by atoms with Crippen LogP contribution in [0.1, 0.15) is 194 Å². The van der Waals surface area contributed by atoms with Gasteiger partial charge in [0, 0.05) is 12.8 Å². The number of ether oxygens (including phenoxy) is 2. The number of hydrogen-bond acceptors (Lipinski definition) is 7. The van der Waals surface area contributed by atoms with Crippen LogP contribution >= 0.6 is 7.82 Å². The van der Waals surface area contributed by atoms with Crippen LogP contribution in [0.4, 0.5) is 0 Å². The Hall–Kier alpha value is -2.29. The summed E-state index contributed by atoms with van der Waals surface area (Å²) in [6.07, 6.45) is 51.4. The molecule has 1 N–H and O–H groups in total. The highest BCUT2D eigenvalue weighted by molar-refractivity contribution is 7.47. The first-order valence-electron chi connectivity index (χ1n) is 24.0. The third-order valence-corrected chi connectivity index (χ3v) is 11.0. The van der Waals surface area contributed by atoms with E-state index in [1.165, 1.54) is 116 Å². The largest absolute Gasteiger partial charge is 0.472 e. The maximum absolute atomic E-state index is 12.7. The SMILES string of the molecule is CCCCC/C=C/C/C=C/C/C=C/C/C=C/C/C=C/CCC(=O)OC[C@H](COP(=O)(O)OCC[N+](C)(C)C)OC(=O)CCCCCCCCCCCCCCCCCCC. The monoisotopic (exact) mass is 865 g/mol. The fraction of sp³-hybridized carbons (Fsp3) is 0.760. The number of phosphoric acid groups is 1. The number of rotatable bonds is 43. The number of unbranched alkanes of at least 4 members (excludes halogenated alkanes) is 19. The number of carbonyl (C=O) groups is 2. The summed E-state index contributed by atoms with van der Waals surface area (Å²) in [5.41, 5.74) is 0. The molecule has 0 aliphatic rings. The number of hydrogen-bond donors (Lipinski definition) is 1. The maximum Gasteiger partial charge on any atom is 0.472 e. The van der Waals surface area contributed by atoms with Gasteiger partial charge in [-0.25, -0.2) is 4.57 Å². The van der Waals surface area contributed by atoms with E-state index < -0.39 is 32.5 Å². The second-order valence-corrected chi connectivity index (χ2v) is 18.6. The zero-order chi connectivity index (χ0) is 44.3. The summed E-state index contributed by atoms with van der Waals surface area (Å²) in [6.45, 7) is 4.32. The predicted octanol–water partition coefficient (Wildman–Crippen LogP) is 14.0. The van der Waals surface area contributed by atoms with E-state index in [1.54, 1.807) is 0 Å². The Kier molecular flexibility index (Phi) is 40.4.